The van der Waals surface area contributed by atoms with Crippen LogP contribution in [0.4, 0.5) is 5.69 Å². The number of primary amides is 1. The van der Waals surface area contributed by atoms with Crippen molar-refractivity contribution in [3.63, 3.8) is 0 Å². The average molecular weight is 275 g/mol. The van der Waals surface area contributed by atoms with Crippen LogP contribution in [0.2, 0.25) is 0 Å². The zero-order chi connectivity index (χ0) is 14.9. The van der Waals surface area contributed by atoms with Crippen molar-refractivity contribution in [3.05, 3.63) is 29.8 Å². The van der Waals surface area contributed by atoms with Crippen molar-refractivity contribution in [2.45, 2.75) is 26.8 Å². The van der Waals surface area contributed by atoms with Crippen molar-refractivity contribution >= 4 is 17.5 Å². The lowest BCUT2D eigenvalue weighted by molar-refractivity contribution is -0.137. The summed E-state index contributed by atoms with van der Waals surface area (Å²) in [5.41, 5.74) is 12.5. The third kappa shape index (κ3) is 3.29. The molecule has 0 spiro atoms. The molecule has 0 radical (unpaired) electrons. The molecule has 2 amide bonds. The van der Waals surface area contributed by atoms with E-state index in [2.05, 4.69) is 13.8 Å². The van der Waals surface area contributed by atoms with E-state index in [1.807, 2.05) is 12.1 Å². The van der Waals surface area contributed by atoms with Gasteiger partial charge in [-0.05, 0) is 29.5 Å². The molecule has 20 heavy (non-hydrogen) atoms. The van der Waals surface area contributed by atoms with Crippen molar-refractivity contribution in [1.29, 1.82) is 0 Å². The van der Waals surface area contributed by atoms with Crippen molar-refractivity contribution in [1.82, 2.24) is 4.90 Å². The monoisotopic (exact) mass is 275 g/mol. The average Bonchev–Trinajstić information content (AvgIpc) is 2.96. The number of carbonyl (C=O) groups excluding carboxylic acids is 2. The smallest absolute Gasteiger partial charge is 0.237 e. The molecule has 1 aromatic rings. The Hall–Kier alpha value is -2.04. The van der Waals surface area contributed by atoms with Gasteiger partial charge in [-0.25, -0.2) is 0 Å². The lowest BCUT2D eigenvalue weighted by atomic mass is 10.1. The van der Waals surface area contributed by atoms with Crippen molar-refractivity contribution < 1.29 is 9.59 Å². The first kappa shape index (κ1) is 14.4. The Labute approximate surface area is 118 Å². The predicted molar refractivity (Wildman–Crippen MR) is 77.4 cm³/mol. The summed E-state index contributed by atoms with van der Waals surface area (Å²) in [6.45, 7) is 4.41. The molecule has 0 heterocycles. The second-order valence-corrected chi connectivity index (χ2v) is 6.15. The van der Waals surface area contributed by atoms with Crippen molar-refractivity contribution in [3.8, 4) is 0 Å². The molecule has 0 saturated heterocycles. The maximum atomic E-state index is 12.4. The van der Waals surface area contributed by atoms with Gasteiger partial charge in [0, 0.05) is 18.2 Å². The van der Waals surface area contributed by atoms with Crippen LogP contribution in [0.25, 0.3) is 0 Å². The van der Waals surface area contributed by atoms with Crippen LogP contribution in [0.3, 0.4) is 0 Å². The number of hydrogen-bond acceptors (Lipinski definition) is 3. The molecule has 0 aromatic heterocycles. The molecule has 1 aliphatic rings. The molecule has 0 bridgehead atoms. The van der Waals surface area contributed by atoms with Crippen LogP contribution < -0.4 is 11.5 Å². The van der Waals surface area contributed by atoms with Gasteiger partial charge in [-0.1, -0.05) is 26.0 Å². The van der Waals surface area contributed by atoms with Gasteiger partial charge in [0.2, 0.25) is 11.8 Å². The third-order valence-electron chi connectivity index (χ3n) is 3.79. The highest BCUT2D eigenvalue weighted by atomic mass is 16.2. The van der Waals surface area contributed by atoms with Crippen LogP contribution in [0, 0.1) is 11.3 Å². The van der Waals surface area contributed by atoms with E-state index in [9.17, 15) is 9.59 Å². The molecule has 1 aliphatic carbocycles. The number of rotatable bonds is 5. The first-order valence-electron chi connectivity index (χ1n) is 6.71. The maximum absolute atomic E-state index is 12.4. The summed E-state index contributed by atoms with van der Waals surface area (Å²) in [7, 11) is 0. The molecule has 1 fully saturated rings. The molecule has 5 heteroatoms. The number of nitrogens with zero attached hydrogens (tertiary/aromatic N) is 1. The Bertz CT molecular complexity index is 540. The van der Waals surface area contributed by atoms with E-state index in [-0.39, 0.29) is 23.8 Å². The summed E-state index contributed by atoms with van der Waals surface area (Å²) in [5, 5.41) is 0. The summed E-state index contributed by atoms with van der Waals surface area (Å²) in [6.07, 6.45) is 0.859. The Balaban J connectivity index is 2.12. The van der Waals surface area contributed by atoms with Gasteiger partial charge in [0.15, 0.2) is 0 Å². The minimum atomic E-state index is -0.499. The number of nitrogen functional groups attached to an aromatic ring is 1. The first-order chi connectivity index (χ1) is 9.29. The third-order valence-corrected chi connectivity index (χ3v) is 3.79. The van der Waals surface area contributed by atoms with Crippen LogP contribution in [0.1, 0.15) is 25.8 Å². The lowest BCUT2D eigenvalue weighted by Gasteiger charge is -2.22. The number of carbonyl (C=O) groups is 2. The van der Waals surface area contributed by atoms with E-state index >= 15 is 0 Å². The number of hydrogen-bond donors (Lipinski definition) is 2. The van der Waals surface area contributed by atoms with Gasteiger partial charge in [0.25, 0.3) is 0 Å². The highest BCUT2D eigenvalue weighted by Gasteiger charge is 2.52. The molecular formula is C15H21N3O2. The SMILES string of the molecule is CC1(C)CC1C(=O)N(CC(N)=O)Cc1cccc(N)c1. The molecule has 1 aromatic carbocycles. The second kappa shape index (κ2) is 5.15. The van der Waals surface area contributed by atoms with Gasteiger partial charge in [0.05, 0.1) is 6.54 Å². The van der Waals surface area contributed by atoms with Gasteiger partial charge < -0.3 is 16.4 Å². The highest BCUT2D eigenvalue weighted by molar-refractivity contribution is 5.87. The van der Waals surface area contributed by atoms with E-state index in [0.29, 0.717) is 12.2 Å². The Kier molecular flexibility index (Phi) is 3.70. The molecule has 0 aliphatic heterocycles. The molecule has 108 valence electrons. The fourth-order valence-corrected chi connectivity index (χ4v) is 2.42. The standard InChI is InChI=1S/C15H21N3O2/c1-15(2)7-12(15)14(20)18(9-13(17)19)8-10-4-3-5-11(16)6-10/h3-6,12H,7-9,16H2,1-2H3,(H2,17,19). The molecule has 1 atom stereocenters. The second-order valence-electron chi connectivity index (χ2n) is 6.15. The van der Waals surface area contributed by atoms with Crippen LogP contribution >= 0.6 is 0 Å². The molecule has 5 nitrogen and oxygen atoms in total. The van der Waals surface area contributed by atoms with Gasteiger partial charge in [-0.3, -0.25) is 9.59 Å². The Morgan fingerprint density at radius 2 is 2.05 bits per heavy atom. The minimum absolute atomic E-state index is 0.00350. The molecular weight excluding hydrogens is 254 g/mol. The predicted octanol–water partition coefficient (Wildman–Crippen LogP) is 1.13. The highest BCUT2D eigenvalue weighted by Crippen LogP contribution is 2.52. The van der Waals surface area contributed by atoms with Gasteiger partial charge in [0.1, 0.15) is 0 Å². The van der Waals surface area contributed by atoms with Crippen LogP contribution in [0.15, 0.2) is 24.3 Å². The van der Waals surface area contributed by atoms with Crippen molar-refractivity contribution in [2.75, 3.05) is 12.3 Å². The van der Waals surface area contributed by atoms with Gasteiger partial charge in [-0.15, -0.1) is 0 Å². The zero-order valence-corrected chi connectivity index (χ0v) is 11.9. The summed E-state index contributed by atoms with van der Waals surface area (Å²) in [5.74, 6) is -0.514. The fourth-order valence-electron chi connectivity index (χ4n) is 2.42. The van der Waals surface area contributed by atoms with Gasteiger partial charge >= 0.3 is 0 Å². The van der Waals surface area contributed by atoms with Crippen LogP contribution in [-0.2, 0) is 16.1 Å². The molecule has 1 saturated carbocycles. The molecule has 2 rings (SSSR count). The summed E-state index contributed by atoms with van der Waals surface area (Å²) in [6, 6.07) is 7.31. The molecule has 4 N–H and O–H groups in total. The number of amides is 2. The number of nitrogens with two attached hydrogens (primary N) is 2. The largest absolute Gasteiger partial charge is 0.399 e. The van der Waals surface area contributed by atoms with E-state index < -0.39 is 5.91 Å². The zero-order valence-electron chi connectivity index (χ0n) is 11.9. The summed E-state index contributed by atoms with van der Waals surface area (Å²) in [4.78, 5) is 25.1. The molecule has 1 unspecified atom stereocenters. The van der Waals surface area contributed by atoms with E-state index in [4.69, 9.17) is 11.5 Å². The Morgan fingerprint density at radius 3 is 2.55 bits per heavy atom. The Morgan fingerprint density at radius 1 is 1.40 bits per heavy atom. The van der Waals surface area contributed by atoms with E-state index in [0.717, 1.165) is 12.0 Å². The fraction of sp³-hybridized carbons (Fsp3) is 0.467. The van der Waals surface area contributed by atoms with Crippen molar-refractivity contribution in [2.24, 2.45) is 17.1 Å². The van der Waals surface area contributed by atoms with Crippen LogP contribution in [-0.4, -0.2) is 23.3 Å². The maximum Gasteiger partial charge on any atom is 0.237 e. The van der Waals surface area contributed by atoms with Crippen LogP contribution in [0.5, 0.6) is 0 Å². The normalized spacial score (nSPS) is 19.4. The topological polar surface area (TPSA) is 89.4 Å². The van der Waals surface area contributed by atoms with E-state index in [1.165, 1.54) is 4.90 Å². The van der Waals surface area contributed by atoms with Gasteiger partial charge in [-0.2, -0.15) is 0 Å². The quantitative estimate of drug-likeness (QED) is 0.789. The summed E-state index contributed by atoms with van der Waals surface area (Å²) >= 11 is 0. The minimum Gasteiger partial charge on any atom is -0.399 e. The summed E-state index contributed by atoms with van der Waals surface area (Å²) < 4.78 is 0. The van der Waals surface area contributed by atoms with E-state index in [1.54, 1.807) is 12.1 Å². The number of anilines is 1. The lowest BCUT2D eigenvalue weighted by Crippen LogP contribution is -2.39. The first-order valence-corrected chi connectivity index (χ1v) is 6.71. The number of benzene rings is 1.